The Morgan fingerprint density at radius 3 is 2.21 bits per heavy atom. The lowest BCUT2D eigenvalue weighted by Gasteiger charge is -2.29. The third-order valence-electron chi connectivity index (χ3n) is 4.50. The zero-order valence-corrected chi connectivity index (χ0v) is 20.2. The van der Waals surface area contributed by atoms with E-state index in [-0.39, 0.29) is 6.42 Å². The first-order valence-corrected chi connectivity index (χ1v) is 12.2. The fraction of sp³-hybridized carbons (Fsp3) is 0.952. The van der Waals surface area contributed by atoms with Gasteiger partial charge in [-0.25, -0.2) is 0 Å². The van der Waals surface area contributed by atoms with Gasteiger partial charge >= 0.3 is 14.6 Å². The summed E-state index contributed by atoms with van der Waals surface area (Å²) in [5.74, 6) is -0.940. The van der Waals surface area contributed by atoms with Gasteiger partial charge in [0.05, 0.1) is 40.3 Å². The Bertz CT molecular complexity index is 405. The van der Waals surface area contributed by atoms with Gasteiger partial charge in [0, 0.05) is 6.61 Å². The van der Waals surface area contributed by atoms with E-state index < -0.39 is 20.7 Å². The molecular formula is C21H45NO6P+. The highest BCUT2D eigenvalue weighted by atomic mass is 31.2. The fourth-order valence-electron chi connectivity index (χ4n) is 3.03. The number of hydrogen-bond acceptors (Lipinski definition) is 5. The standard InChI is InChI=1S/C21H44NO6P/c1-6-7-8-11-14-19(2)26-15-12-9-10-13-16-27-29(25)28-20(17-21(23)24)18-22(3,4)5/h19-20,25H,6-18H2,1-5H3/p+1/t19?,20-,29?/m1/s1. The van der Waals surface area contributed by atoms with Crippen LogP contribution in [0.4, 0.5) is 0 Å². The highest BCUT2D eigenvalue weighted by Gasteiger charge is 2.25. The Kier molecular flexibility index (Phi) is 17.2. The molecule has 0 heterocycles. The van der Waals surface area contributed by atoms with Crippen LogP contribution in [0.15, 0.2) is 0 Å². The summed E-state index contributed by atoms with van der Waals surface area (Å²) < 4.78 is 17.2. The van der Waals surface area contributed by atoms with Gasteiger partial charge in [0.2, 0.25) is 0 Å². The minimum absolute atomic E-state index is 0.144. The average Bonchev–Trinajstić information content (AvgIpc) is 2.58. The van der Waals surface area contributed by atoms with Gasteiger partial charge < -0.3 is 28.3 Å². The van der Waals surface area contributed by atoms with Crippen LogP contribution in [0.2, 0.25) is 0 Å². The molecule has 174 valence electrons. The summed E-state index contributed by atoms with van der Waals surface area (Å²) in [7, 11) is 3.82. The number of ether oxygens (including phenoxy) is 1. The summed E-state index contributed by atoms with van der Waals surface area (Å²) in [4.78, 5) is 20.9. The monoisotopic (exact) mass is 438 g/mol. The Hall–Kier alpha value is -0.300. The van der Waals surface area contributed by atoms with Crippen molar-refractivity contribution in [2.45, 2.75) is 90.3 Å². The first-order valence-electron chi connectivity index (χ1n) is 11.1. The van der Waals surface area contributed by atoms with Crippen molar-refractivity contribution in [3.8, 4) is 0 Å². The van der Waals surface area contributed by atoms with E-state index in [1.165, 1.54) is 25.7 Å². The van der Waals surface area contributed by atoms with Crippen molar-refractivity contribution in [2.24, 2.45) is 0 Å². The average molecular weight is 439 g/mol. The molecule has 0 aliphatic carbocycles. The van der Waals surface area contributed by atoms with Crippen LogP contribution in [0.25, 0.3) is 0 Å². The molecule has 0 rings (SSSR count). The number of hydrogen-bond donors (Lipinski definition) is 2. The molecule has 0 bridgehead atoms. The van der Waals surface area contributed by atoms with E-state index in [1.54, 1.807) is 0 Å². The second-order valence-electron chi connectivity index (χ2n) is 8.81. The van der Waals surface area contributed by atoms with Crippen LogP contribution in [-0.2, 0) is 18.6 Å². The van der Waals surface area contributed by atoms with Gasteiger partial charge in [0.1, 0.15) is 12.6 Å². The van der Waals surface area contributed by atoms with E-state index in [9.17, 15) is 9.69 Å². The van der Waals surface area contributed by atoms with Crippen LogP contribution in [0.5, 0.6) is 0 Å². The molecule has 2 N–H and O–H groups in total. The van der Waals surface area contributed by atoms with E-state index >= 15 is 0 Å². The van der Waals surface area contributed by atoms with Gasteiger partial charge in [-0.3, -0.25) is 4.79 Å². The summed E-state index contributed by atoms with van der Waals surface area (Å²) in [6.07, 6.45) is 9.86. The van der Waals surface area contributed by atoms with Crippen LogP contribution in [-0.4, -0.2) is 73.6 Å². The lowest BCUT2D eigenvalue weighted by atomic mass is 10.1. The van der Waals surface area contributed by atoms with Crippen molar-refractivity contribution in [3.63, 3.8) is 0 Å². The maximum Gasteiger partial charge on any atom is 0.330 e. The number of likely N-dealkylation sites (N-methyl/N-ethyl adjacent to an activating group) is 1. The summed E-state index contributed by atoms with van der Waals surface area (Å²) in [6.45, 7) is 6.09. The molecule has 0 amide bonds. The molecule has 0 aliphatic rings. The molecule has 0 aliphatic heterocycles. The third kappa shape index (κ3) is 20.7. The number of quaternary nitrogens is 1. The molecule has 0 saturated carbocycles. The molecule has 2 unspecified atom stereocenters. The van der Waals surface area contributed by atoms with Crippen LogP contribution in [0.1, 0.15) is 78.1 Å². The van der Waals surface area contributed by atoms with Gasteiger partial charge in [-0.05, 0) is 26.2 Å². The molecule has 0 aromatic rings. The molecule has 7 nitrogen and oxygen atoms in total. The van der Waals surface area contributed by atoms with E-state index in [0.29, 0.717) is 23.7 Å². The maximum atomic E-state index is 11.0. The van der Waals surface area contributed by atoms with E-state index in [0.717, 1.165) is 38.7 Å². The second kappa shape index (κ2) is 17.4. The molecular weight excluding hydrogens is 393 g/mol. The number of unbranched alkanes of at least 4 members (excludes halogenated alkanes) is 6. The summed E-state index contributed by atoms with van der Waals surface area (Å²) in [6, 6.07) is 0. The topological polar surface area (TPSA) is 85.2 Å². The van der Waals surface area contributed by atoms with Crippen molar-refractivity contribution in [3.05, 3.63) is 0 Å². The van der Waals surface area contributed by atoms with Crippen LogP contribution in [0, 0.1) is 0 Å². The number of rotatable bonds is 20. The van der Waals surface area contributed by atoms with Gasteiger partial charge in [0.25, 0.3) is 0 Å². The largest absolute Gasteiger partial charge is 0.481 e. The predicted molar refractivity (Wildman–Crippen MR) is 118 cm³/mol. The minimum Gasteiger partial charge on any atom is -0.481 e. The Morgan fingerprint density at radius 1 is 1.00 bits per heavy atom. The van der Waals surface area contributed by atoms with Crippen molar-refractivity contribution in [1.29, 1.82) is 0 Å². The molecule has 0 radical (unpaired) electrons. The van der Waals surface area contributed by atoms with E-state index in [4.69, 9.17) is 18.9 Å². The first kappa shape index (κ1) is 28.7. The first-order chi connectivity index (χ1) is 13.6. The molecule has 0 aromatic carbocycles. The van der Waals surface area contributed by atoms with Crippen molar-refractivity contribution >= 4 is 14.6 Å². The quantitative estimate of drug-likeness (QED) is 0.162. The second-order valence-corrected chi connectivity index (χ2v) is 9.76. The Morgan fingerprint density at radius 2 is 1.62 bits per heavy atom. The van der Waals surface area contributed by atoms with E-state index in [1.807, 2.05) is 21.1 Å². The van der Waals surface area contributed by atoms with Crippen molar-refractivity contribution in [2.75, 3.05) is 40.9 Å². The lowest BCUT2D eigenvalue weighted by molar-refractivity contribution is -0.873. The highest BCUT2D eigenvalue weighted by Crippen LogP contribution is 2.36. The molecule has 0 fully saturated rings. The number of aliphatic carboxylic acids is 1. The zero-order chi connectivity index (χ0) is 22.1. The minimum atomic E-state index is -2.05. The molecule has 0 saturated heterocycles. The van der Waals surface area contributed by atoms with E-state index in [2.05, 4.69) is 13.8 Å². The number of carboxylic acids is 1. The van der Waals surface area contributed by atoms with Gasteiger partial charge in [-0.1, -0.05) is 45.4 Å². The Labute approximate surface area is 179 Å². The van der Waals surface area contributed by atoms with Crippen molar-refractivity contribution in [1.82, 2.24) is 0 Å². The van der Waals surface area contributed by atoms with Gasteiger partial charge in [-0.2, -0.15) is 0 Å². The molecule has 3 atom stereocenters. The fourth-order valence-corrected chi connectivity index (χ4v) is 3.77. The maximum absolute atomic E-state index is 11.0. The highest BCUT2D eigenvalue weighted by molar-refractivity contribution is 7.40. The Balaban J connectivity index is 3.71. The molecule has 29 heavy (non-hydrogen) atoms. The van der Waals surface area contributed by atoms with Crippen LogP contribution in [0.3, 0.4) is 0 Å². The predicted octanol–water partition coefficient (Wildman–Crippen LogP) is 4.72. The van der Waals surface area contributed by atoms with Crippen molar-refractivity contribution < 1.29 is 33.1 Å². The van der Waals surface area contributed by atoms with Gasteiger partial charge in [-0.15, -0.1) is 0 Å². The molecule has 0 spiro atoms. The zero-order valence-electron chi connectivity index (χ0n) is 19.3. The summed E-state index contributed by atoms with van der Waals surface area (Å²) in [5, 5.41) is 9.00. The SMILES string of the molecule is CCCCCCC(C)OCCCCCCOP(O)O[C@H](CC(=O)O)C[N+](C)(C)C. The number of carbonyl (C=O) groups is 1. The number of carboxylic acid groups (broad SMARTS) is 1. The van der Waals surface area contributed by atoms with Crippen LogP contribution >= 0.6 is 8.60 Å². The summed E-state index contributed by atoms with van der Waals surface area (Å²) in [5.41, 5.74) is 0. The third-order valence-corrected chi connectivity index (χ3v) is 5.38. The molecule has 8 heteroatoms. The molecule has 0 aromatic heterocycles. The normalized spacial score (nSPS) is 15.2. The lowest BCUT2D eigenvalue weighted by Crippen LogP contribution is -2.42. The van der Waals surface area contributed by atoms with Gasteiger partial charge in [0.15, 0.2) is 0 Å². The number of nitrogens with zero attached hydrogens (tertiary/aromatic N) is 1. The van der Waals surface area contributed by atoms with Crippen LogP contribution < -0.4 is 0 Å². The smallest absolute Gasteiger partial charge is 0.330 e. The summed E-state index contributed by atoms with van der Waals surface area (Å²) >= 11 is 0.